The first kappa shape index (κ1) is 21.3. The van der Waals surface area contributed by atoms with Gasteiger partial charge in [0.15, 0.2) is 0 Å². The van der Waals surface area contributed by atoms with Crippen molar-refractivity contribution in [1.82, 2.24) is 15.5 Å². The quantitative estimate of drug-likeness (QED) is 0.739. The minimum atomic E-state index is -4.47. The fourth-order valence-electron chi connectivity index (χ4n) is 3.03. The van der Waals surface area contributed by atoms with Crippen molar-refractivity contribution in [2.45, 2.75) is 31.7 Å². The summed E-state index contributed by atoms with van der Waals surface area (Å²) >= 11 is 0. The van der Waals surface area contributed by atoms with Gasteiger partial charge in [-0.05, 0) is 43.5 Å². The highest BCUT2D eigenvalue weighted by molar-refractivity contribution is 5.74. The van der Waals surface area contributed by atoms with E-state index in [2.05, 4.69) is 10.6 Å². The Hall–Kier alpha value is -1.97. The fourth-order valence-corrected chi connectivity index (χ4v) is 3.03. The minimum absolute atomic E-state index is 0.0954. The average Bonchev–Trinajstić information content (AvgIpc) is 2.97. The number of benzene rings is 1. The van der Waals surface area contributed by atoms with Crippen molar-refractivity contribution >= 4 is 6.03 Å². The normalized spacial score (nSPS) is 19.7. The van der Waals surface area contributed by atoms with Gasteiger partial charge < -0.3 is 10.6 Å². The molecule has 27 heavy (non-hydrogen) atoms. The van der Waals surface area contributed by atoms with Gasteiger partial charge in [0.1, 0.15) is 0 Å². The summed E-state index contributed by atoms with van der Waals surface area (Å²) in [6.45, 7) is 1.34. The molecule has 1 aliphatic rings. The molecule has 2 N–H and O–H groups in total. The van der Waals surface area contributed by atoms with Crippen LogP contribution in [0.15, 0.2) is 24.3 Å². The summed E-state index contributed by atoms with van der Waals surface area (Å²) in [4.78, 5) is 13.2. The van der Waals surface area contributed by atoms with Crippen molar-refractivity contribution in [3.63, 3.8) is 0 Å². The van der Waals surface area contributed by atoms with Crippen LogP contribution in [0, 0.1) is 5.92 Å². The number of alkyl halides is 6. The molecule has 0 bridgehead atoms. The predicted octanol–water partition coefficient (Wildman–Crippen LogP) is 3.95. The van der Waals surface area contributed by atoms with Crippen molar-refractivity contribution in [2.24, 2.45) is 5.92 Å². The zero-order chi connectivity index (χ0) is 20.2. The van der Waals surface area contributed by atoms with E-state index in [0.29, 0.717) is 18.5 Å². The Morgan fingerprint density at radius 1 is 1.26 bits per heavy atom. The van der Waals surface area contributed by atoms with Crippen molar-refractivity contribution in [2.75, 3.05) is 26.2 Å². The van der Waals surface area contributed by atoms with Crippen LogP contribution in [-0.2, 0) is 6.18 Å². The molecule has 4 nitrogen and oxygen atoms in total. The Kier molecular flexibility index (Phi) is 6.61. The highest BCUT2D eigenvalue weighted by Gasteiger charge is 2.34. The van der Waals surface area contributed by atoms with Crippen LogP contribution in [0.2, 0.25) is 0 Å². The second-order valence-electron chi connectivity index (χ2n) is 6.70. The molecular formula is C17H21F6N3O. The molecule has 1 aliphatic heterocycles. The molecular weight excluding hydrogens is 376 g/mol. The molecule has 1 aromatic carbocycles. The number of hydrogen-bond donors (Lipinski definition) is 2. The van der Waals surface area contributed by atoms with E-state index in [4.69, 9.17) is 0 Å². The van der Waals surface area contributed by atoms with E-state index >= 15 is 0 Å². The standard InChI is InChI=1S/C17H21F6N3O/c1-11(13-3-2-4-14(7-13)17(21,22)23)25-15(27)24-8-12-5-6-26(9-12)10-16(18,19)20/h2-4,7,11-12H,5-6,8-10H2,1H3,(H2,24,25,27)/t11-,12-/m1/s1. The van der Waals surface area contributed by atoms with Gasteiger partial charge in [-0.25, -0.2) is 4.79 Å². The fraction of sp³-hybridized carbons (Fsp3) is 0.588. The summed E-state index contributed by atoms with van der Waals surface area (Å²) in [5.74, 6) is -0.0954. The number of rotatable bonds is 5. The number of carbonyl (C=O) groups is 1. The lowest BCUT2D eigenvalue weighted by atomic mass is 10.1. The highest BCUT2D eigenvalue weighted by Crippen LogP contribution is 2.30. The Labute approximate surface area is 152 Å². The molecule has 0 spiro atoms. The third kappa shape index (κ3) is 6.93. The Balaban J connectivity index is 1.79. The van der Waals surface area contributed by atoms with Gasteiger partial charge in [-0.2, -0.15) is 26.3 Å². The molecule has 1 aromatic rings. The lowest BCUT2D eigenvalue weighted by molar-refractivity contribution is -0.143. The molecule has 10 heteroatoms. The van der Waals surface area contributed by atoms with Crippen molar-refractivity contribution < 1.29 is 31.1 Å². The lowest BCUT2D eigenvalue weighted by Crippen LogP contribution is -2.40. The van der Waals surface area contributed by atoms with E-state index in [1.54, 1.807) is 6.92 Å². The van der Waals surface area contributed by atoms with Crippen molar-refractivity contribution in [1.29, 1.82) is 0 Å². The van der Waals surface area contributed by atoms with E-state index in [1.165, 1.54) is 17.0 Å². The molecule has 0 aliphatic carbocycles. The third-order valence-electron chi connectivity index (χ3n) is 4.39. The van der Waals surface area contributed by atoms with E-state index in [0.717, 1.165) is 12.1 Å². The first-order chi connectivity index (χ1) is 12.4. The summed E-state index contributed by atoms with van der Waals surface area (Å²) in [5.41, 5.74) is -0.498. The van der Waals surface area contributed by atoms with Crippen LogP contribution in [0.5, 0.6) is 0 Å². The van der Waals surface area contributed by atoms with E-state index < -0.39 is 36.5 Å². The summed E-state index contributed by atoms with van der Waals surface area (Å²) < 4.78 is 75.3. The van der Waals surface area contributed by atoms with Gasteiger partial charge >= 0.3 is 18.4 Å². The first-order valence-electron chi connectivity index (χ1n) is 8.44. The Morgan fingerprint density at radius 2 is 1.96 bits per heavy atom. The van der Waals surface area contributed by atoms with Gasteiger partial charge in [0.25, 0.3) is 0 Å². The summed E-state index contributed by atoms with van der Waals surface area (Å²) in [5, 5.41) is 5.11. The van der Waals surface area contributed by atoms with Gasteiger partial charge in [0, 0.05) is 13.1 Å². The van der Waals surface area contributed by atoms with Crippen LogP contribution in [-0.4, -0.2) is 43.3 Å². The zero-order valence-corrected chi connectivity index (χ0v) is 14.6. The van der Waals surface area contributed by atoms with E-state index in [1.807, 2.05) is 0 Å². The van der Waals surface area contributed by atoms with Crippen LogP contribution in [0.25, 0.3) is 0 Å². The summed E-state index contributed by atoms with van der Waals surface area (Å²) in [6, 6.07) is 3.43. The summed E-state index contributed by atoms with van der Waals surface area (Å²) in [7, 11) is 0. The van der Waals surface area contributed by atoms with Gasteiger partial charge in [-0.1, -0.05) is 12.1 Å². The average molecular weight is 397 g/mol. The first-order valence-corrected chi connectivity index (χ1v) is 8.44. The molecule has 0 saturated carbocycles. The zero-order valence-electron chi connectivity index (χ0n) is 14.6. The predicted molar refractivity (Wildman–Crippen MR) is 87.0 cm³/mol. The van der Waals surface area contributed by atoms with Crippen molar-refractivity contribution in [3.8, 4) is 0 Å². The monoisotopic (exact) mass is 397 g/mol. The molecule has 2 atom stereocenters. The highest BCUT2D eigenvalue weighted by atomic mass is 19.4. The molecule has 1 saturated heterocycles. The van der Waals surface area contributed by atoms with Crippen LogP contribution < -0.4 is 10.6 Å². The maximum absolute atomic E-state index is 12.7. The number of likely N-dealkylation sites (tertiary alicyclic amines) is 1. The number of amides is 2. The van der Waals surface area contributed by atoms with Gasteiger partial charge in [-0.3, -0.25) is 4.90 Å². The molecule has 0 aromatic heterocycles. The van der Waals surface area contributed by atoms with Crippen LogP contribution in [0.3, 0.4) is 0 Å². The van der Waals surface area contributed by atoms with E-state index in [9.17, 15) is 31.1 Å². The van der Waals surface area contributed by atoms with E-state index in [-0.39, 0.29) is 19.0 Å². The number of nitrogens with one attached hydrogen (secondary N) is 2. The van der Waals surface area contributed by atoms with Crippen LogP contribution >= 0.6 is 0 Å². The maximum Gasteiger partial charge on any atom is 0.416 e. The molecule has 152 valence electrons. The minimum Gasteiger partial charge on any atom is -0.338 e. The third-order valence-corrected chi connectivity index (χ3v) is 4.39. The lowest BCUT2D eigenvalue weighted by Gasteiger charge is -2.19. The Morgan fingerprint density at radius 3 is 2.59 bits per heavy atom. The number of urea groups is 1. The molecule has 1 fully saturated rings. The number of carbonyl (C=O) groups excluding carboxylic acids is 1. The van der Waals surface area contributed by atoms with Gasteiger partial charge in [0.05, 0.1) is 18.2 Å². The smallest absolute Gasteiger partial charge is 0.338 e. The van der Waals surface area contributed by atoms with Gasteiger partial charge in [-0.15, -0.1) is 0 Å². The van der Waals surface area contributed by atoms with Crippen molar-refractivity contribution in [3.05, 3.63) is 35.4 Å². The topological polar surface area (TPSA) is 44.4 Å². The second-order valence-corrected chi connectivity index (χ2v) is 6.70. The molecule has 2 amide bonds. The molecule has 2 rings (SSSR count). The molecule has 0 unspecified atom stereocenters. The van der Waals surface area contributed by atoms with Crippen LogP contribution in [0.4, 0.5) is 31.1 Å². The number of hydrogen-bond acceptors (Lipinski definition) is 2. The SMILES string of the molecule is C[C@@H](NC(=O)NC[C@H]1CCN(CC(F)(F)F)C1)c1cccc(C(F)(F)F)c1. The van der Waals surface area contributed by atoms with Crippen LogP contribution in [0.1, 0.15) is 30.5 Å². The molecule has 0 radical (unpaired) electrons. The number of halogens is 6. The Bertz CT molecular complexity index is 646. The maximum atomic E-state index is 12.7. The number of nitrogens with zero attached hydrogens (tertiary/aromatic N) is 1. The second kappa shape index (κ2) is 8.37. The van der Waals surface area contributed by atoms with Gasteiger partial charge in [0.2, 0.25) is 0 Å². The summed E-state index contributed by atoms with van der Waals surface area (Å²) in [6.07, 6.45) is -8.18. The molecule has 1 heterocycles. The largest absolute Gasteiger partial charge is 0.416 e.